The van der Waals surface area contributed by atoms with Crippen LogP contribution >= 0.6 is 11.6 Å². The van der Waals surface area contributed by atoms with Gasteiger partial charge in [-0.3, -0.25) is 4.79 Å². The minimum Gasteiger partial charge on any atom is -0.424 e. The van der Waals surface area contributed by atoms with Gasteiger partial charge in [-0.2, -0.15) is 0 Å². The average molecular weight is 342 g/mol. The number of nitrogens with zero attached hydrogens (tertiary/aromatic N) is 1. The molecule has 5 heteroatoms. The predicted molar refractivity (Wildman–Crippen MR) is 93.4 cm³/mol. The van der Waals surface area contributed by atoms with E-state index in [2.05, 4.69) is 4.98 Å². The molecule has 0 aliphatic heterocycles. The van der Waals surface area contributed by atoms with Gasteiger partial charge in [0, 0.05) is 17.9 Å². The quantitative estimate of drug-likeness (QED) is 0.490. The van der Waals surface area contributed by atoms with Crippen LogP contribution in [0.2, 0.25) is 5.02 Å². The number of esters is 1. The van der Waals surface area contributed by atoms with E-state index in [1.807, 2.05) is 12.1 Å². The summed E-state index contributed by atoms with van der Waals surface area (Å²) in [5.41, 5.74) is 1.46. The van der Waals surface area contributed by atoms with Gasteiger partial charge < -0.3 is 4.74 Å². The Balaban J connectivity index is 2.01. The summed E-state index contributed by atoms with van der Waals surface area (Å²) in [5, 5.41) is 1.17. The molecule has 0 fully saturated rings. The second-order valence-corrected chi connectivity index (χ2v) is 5.53. The molecule has 1 aromatic heterocycles. The Labute approximate surface area is 143 Å². The van der Waals surface area contributed by atoms with E-state index in [1.54, 1.807) is 42.5 Å². The van der Waals surface area contributed by atoms with E-state index in [0.29, 0.717) is 27.5 Å². The van der Waals surface area contributed by atoms with Crippen molar-refractivity contribution in [2.75, 3.05) is 0 Å². The van der Waals surface area contributed by atoms with Crippen LogP contribution in [0.25, 0.3) is 23.1 Å². The Morgan fingerprint density at radius 2 is 1.92 bits per heavy atom. The number of aromatic nitrogens is 1. The zero-order valence-corrected chi connectivity index (χ0v) is 13.5. The summed E-state index contributed by atoms with van der Waals surface area (Å²) in [4.78, 5) is 15.7. The second kappa shape index (κ2) is 6.81. The first-order valence-electron chi connectivity index (χ1n) is 7.25. The molecule has 0 spiro atoms. The first kappa shape index (κ1) is 16.1. The van der Waals surface area contributed by atoms with Crippen molar-refractivity contribution in [3.63, 3.8) is 0 Å². The van der Waals surface area contributed by atoms with Gasteiger partial charge in [0.15, 0.2) is 5.75 Å². The van der Waals surface area contributed by atoms with Crippen molar-refractivity contribution >= 4 is 40.6 Å². The highest BCUT2D eigenvalue weighted by atomic mass is 35.5. The summed E-state index contributed by atoms with van der Waals surface area (Å²) >= 11 is 6.00. The van der Waals surface area contributed by atoms with Crippen molar-refractivity contribution in [2.45, 2.75) is 6.92 Å². The number of carbonyl (C=O) groups excluding carboxylic acids is 1. The number of para-hydroxylation sites is 1. The Bertz CT molecular complexity index is 933. The molecule has 0 radical (unpaired) electrons. The zero-order valence-electron chi connectivity index (χ0n) is 12.8. The maximum atomic E-state index is 13.8. The molecule has 24 heavy (non-hydrogen) atoms. The van der Waals surface area contributed by atoms with Crippen LogP contribution in [-0.4, -0.2) is 11.0 Å². The highest BCUT2D eigenvalue weighted by Crippen LogP contribution is 2.25. The normalized spacial score (nSPS) is 11.1. The first-order chi connectivity index (χ1) is 11.5. The topological polar surface area (TPSA) is 39.2 Å². The van der Waals surface area contributed by atoms with Crippen molar-refractivity contribution in [2.24, 2.45) is 0 Å². The van der Waals surface area contributed by atoms with E-state index in [0.717, 1.165) is 5.39 Å². The van der Waals surface area contributed by atoms with Gasteiger partial charge in [0.05, 0.1) is 10.7 Å². The highest BCUT2D eigenvalue weighted by Gasteiger charge is 2.07. The van der Waals surface area contributed by atoms with E-state index < -0.39 is 11.8 Å². The molecule has 0 saturated carbocycles. The van der Waals surface area contributed by atoms with Crippen molar-refractivity contribution in [1.82, 2.24) is 4.98 Å². The molecule has 1 heterocycles. The molecular weight excluding hydrogens is 329 g/mol. The number of ether oxygens (including phenoxy) is 1. The van der Waals surface area contributed by atoms with Gasteiger partial charge in [-0.15, -0.1) is 0 Å². The van der Waals surface area contributed by atoms with Gasteiger partial charge in [0.1, 0.15) is 11.3 Å². The van der Waals surface area contributed by atoms with Crippen LogP contribution in [0.4, 0.5) is 4.39 Å². The van der Waals surface area contributed by atoms with Crippen molar-refractivity contribution < 1.29 is 13.9 Å². The zero-order chi connectivity index (χ0) is 17.1. The SMILES string of the molecule is CC(=O)Oc1cccc2ccc(C=Cc3c(F)cccc3Cl)nc12. The average Bonchev–Trinajstić information content (AvgIpc) is 2.54. The van der Waals surface area contributed by atoms with E-state index >= 15 is 0 Å². The molecule has 2 aromatic carbocycles. The number of fused-ring (bicyclic) bond motifs is 1. The summed E-state index contributed by atoms with van der Waals surface area (Å²) in [7, 11) is 0. The number of hydrogen-bond acceptors (Lipinski definition) is 3. The van der Waals surface area contributed by atoms with Crippen LogP contribution in [-0.2, 0) is 4.79 Å². The van der Waals surface area contributed by atoms with Gasteiger partial charge >= 0.3 is 5.97 Å². The molecule has 0 saturated heterocycles. The minimum atomic E-state index is -0.414. The van der Waals surface area contributed by atoms with Crippen LogP contribution in [0.5, 0.6) is 5.75 Å². The number of halogens is 2. The monoisotopic (exact) mass is 341 g/mol. The Morgan fingerprint density at radius 3 is 2.67 bits per heavy atom. The fraction of sp³-hybridized carbons (Fsp3) is 0.0526. The smallest absolute Gasteiger partial charge is 0.308 e. The summed E-state index contributed by atoms with van der Waals surface area (Å²) in [6.07, 6.45) is 3.23. The van der Waals surface area contributed by atoms with Gasteiger partial charge in [0.25, 0.3) is 0 Å². The molecule has 120 valence electrons. The molecule has 3 rings (SSSR count). The van der Waals surface area contributed by atoms with E-state index in [4.69, 9.17) is 16.3 Å². The Kier molecular flexibility index (Phi) is 4.58. The molecule has 3 nitrogen and oxygen atoms in total. The molecule has 0 unspecified atom stereocenters. The van der Waals surface area contributed by atoms with Gasteiger partial charge in [0.2, 0.25) is 0 Å². The number of carbonyl (C=O) groups is 1. The number of rotatable bonds is 3. The van der Waals surface area contributed by atoms with E-state index in [1.165, 1.54) is 13.0 Å². The second-order valence-electron chi connectivity index (χ2n) is 5.13. The van der Waals surface area contributed by atoms with Crippen LogP contribution in [0.15, 0.2) is 48.5 Å². The van der Waals surface area contributed by atoms with Gasteiger partial charge in [-0.1, -0.05) is 35.9 Å². The number of benzene rings is 2. The maximum absolute atomic E-state index is 13.8. The van der Waals surface area contributed by atoms with Crippen LogP contribution < -0.4 is 4.74 Å². The third kappa shape index (κ3) is 3.44. The van der Waals surface area contributed by atoms with Crippen LogP contribution in [0.1, 0.15) is 18.2 Å². The number of pyridine rings is 1. The molecule has 0 aliphatic carbocycles. The summed E-state index contributed by atoms with van der Waals surface area (Å²) in [6.45, 7) is 1.34. The summed E-state index contributed by atoms with van der Waals surface area (Å²) in [5.74, 6) is -0.428. The Hall–Kier alpha value is -2.72. The number of hydrogen-bond donors (Lipinski definition) is 0. The molecule has 0 bridgehead atoms. The van der Waals surface area contributed by atoms with Crippen LogP contribution in [0.3, 0.4) is 0 Å². The lowest BCUT2D eigenvalue weighted by molar-refractivity contribution is -0.131. The highest BCUT2D eigenvalue weighted by molar-refractivity contribution is 6.32. The minimum absolute atomic E-state index is 0.300. The largest absolute Gasteiger partial charge is 0.424 e. The van der Waals surface area contributed by atoms with E-state index in [-0.39, 0.29) is 0 Å². The molecule has 3 aromatic rings. The maximum Gasteiger partial charge on any atom is 0.308 e. The molecule has 0 amide bonds. The standard InChI is InChI=1S/C19H13ClFNO2/c1-12(23)24-18-7-2-4-13-8-9-14(22-19(13)18)10-11-15-16(20)5-3-6-17(15)21/h2-11H,1H3. The molecular formula is C19H13ClFNO2. The predicted octanol–water partition coefficient (Wildman–Crippen LogP) is 5.12. The lowest BCUT2D eigenvalue weighted by atomic mass is 10.1. The van der Waals surface area contributed by atoms with Crippen LogP contribution in [0, 0.1) is 5.82 Å². The van der Waals surface area contributed by atoms with Gasteiger partial charge in [-0.05, 0) is 36.4 Å². The fourth-order valence-corrected chi connectivity index (χ4v) is 2.53. The fourth-order valence-electron chi connectivity index (χ4n) is 2.30. The molecule has 0 N–H and O–H groups in total. The van der Waals surface area contributed by atoms with Crippen molar-refractivity contribution in [3.8, 4) is 5.75 Å². The summed E-state index contributed by atoms with van der Waals surface area (Å²) in [6, 6.07) is 13.5. The Morgan fingerprint density at radius 1 is 1.12 bits per heavy atom. The lowest BCUT2D eigenvalue weighted by Gasteiger charge is -2.06. The molecule has 0 atom stereocenters. The first-order valence-corrected chi connectivity index (χ1v) is 7.62. The third-order valence-electron chi connectivity index (χ3n) is 3.38. The van der Waals surface area contributed by atoms with Crippen molar-refractivity contribution in [1.29, 1.82) is 0 Å². The van der Waals surface area contributed by atoms with Crippen molar-refractivity contribution in [3.05, 3.63) is 70.6 Å². The van der Waals surface area contributed by atoms with E-state index in [9.17, 15) is 9.18 Å². The third-order valence-corrected chi connectivity index (χ3v) is 3.71. The molecule has 0 aliphatic rings. The van der Waals surface area contributed by atoms with Gasteiger partial charge in [-0.25, -0.2) is 9.37 Å². The lowest BCUT2D eigenvalue weighted by Crippen LogP contribution is -2.02. The summed E-state index contributed by atoms with van der Waals surface area (Å²) < 4.78 is 19.0.